The molecule has 3 aromatic rings. The summed E-state index contributed by atoms with van der Waals surface area (Å²) in [5.74, 6) is -6.08. The molecule has 6 N–H and O–H groups in total. The number of fused-ring (bicyclic) bond motifs is 11. The third kappa shape index (κ3) is 5.52. The minimum Gasteiger partial charge on any atom is -0.481 e. The summed E-state index contributed by atoms with van der Waals surface area (Å²) in [4.78, 5) is 65.3. The summed E-state index contributed by atoms with van der Waals surface area (Å²) in [5, 5.41) is 39.7. The quantitative estimate of drug-likeness (QED) is 0.152. The number of carbonyl (C=O) groups is 4. The maximum Gasteiger partial charge on any atom is 0.332 e. The second-order valence-corrected chi connectivity index (χ2v) is 13.0. The molecule has 1 aliphatic carbocycles. The van der Waals surface area contributed by atoms with Crippen LogP contribution in [0.3, 0.4) is 0 Å². The van der Waals surface area contributed by atoms with Gasteiger partial charge in [-0.3, -0.25) is 19.4 Å². The number of hydrogen-bond acceptors (Lipinski definition) is 6. The molecule has 0 fully saturated rings. The second-order valence-electron chi connectivity index (χ2n) is 13.0. The van der Waals surface area contributed by atoms with Crippen molar-refractivity contribution in [2.75, 3.05) is 0 Å². The summed E-state index contributed by atoms with van der Waals surface area (Å²) in [6.07, 6.45) is 4.76. The van der Waals surface area contributed by atoms with Gasteiger partial charge in [-0.1, -0.05) is 24.8 Å². The van der Waals surface area contributed by atoms with Crippen LogP contribution < -0.4 is 0 Å². The van der Waals surface area contributed by atoms with Gasteiger partial charge >= 0.3 is 23.9 Å². The van der Waals surface area contributed by atoms with Crippen molar-refractivity contribution < 1.29 is 39.6 Å². The number of aromatic nitrogens is 4. The molecule has 8 bridgehead atoms. The molecule has 256 valence electrons. The molecule has 0 amide bonds. The van der Waals surface area contributed by atoms with Crippen LogP contribution >= 0.6 is 0 Å². The Bertz CT molecular complexity index is 2320. The largest absolute Gasteiger partial charge is 0.481 e. The van der Waals surface area contributed by atoms with Gasteiger partial charge in [-0.2, -0.15) is 0 Å². The van der Waals surface area contributed by atoms with Crippen LogP contribution in [0.2, 0.25) is 0 Å². The Morgan fingerprint density at radius 2 is 1.36 bits per heavy atom. The lowest BCUT2D eigenvalue weighted by atomic mass is 9.64. The number of H-pyrrole nitrogens is 2. The van der Waals surface area contributed by atoms with E-state index in [0.29, 0.717) is 61.5 Å². The van der Waals surface area contributed by atoms with Crippen LogP contribution in [0.5, 0.6) is 0 Å². The Hall–Kier alpha value is -6.04. The van der Waals surface area contributed by atoms with E-state index in [2.05, 4.69) is 16.5 Å². The van der Waals surface area contributed by atoms with Gasteiger partial charge in [0.1, 0.15) is 5.92 Å². The summed E-state index contributed by atoms with van der Waals surface area (Å²) in [6, 6.07) is 7.17. The Morgan fingerprint density at radius 1 is 0.780 bits per heavy atom. The first-order chi connectivity index (χ1) is 23.6. The molecule has 3 aromatic heterocycles. The Labute approximate surface area is 286 Å². The fraction of sp³-hybridized carbons (Fsp3) is 0.263. The molecule has 12 heteroatoms. The maximum absolute atomic E-state index is 12.9. The smallest absolute Gasteiger partial charge is 0.332 e. The molecule has 50 heavy (non-hydrogen) atoms. The van der Waals surface area contributed by atoms with Crippen molar-refractivity contribution in [2.45, 2.75) is 58.8 Å². The van der Waals surface area contributed by atoms with E-state index in [1.165, 1.54) is 6.08 Å². The molecule has 2 unspecified atom stereocenters. The molecule has 12 nitrogen and oxygen atoms in total. The average Bonchev–Trinajstić information content (AvgIpc) is 3.69. The molecule has 2 aliphatic heterocycles. The van der Waals surface area contributed by atoms with Crippen LogP contribution in [0.15, 0.2) is 54.6 Å². The van der Waals surface area contributed by atoms with Gasteiger partial charge in [-0.25, -0.2) is 9.78 Å². The van der Waals surface area contributed by atoms with Gasteiger partial charge in [0.2, 0.25) is 0 Å². The zero-order chi connectivity index (χ0) is 36.2. The van der Waals surface area contributed by atoms with E-state index in [4.69, 9.17) is 9.97 Å². The number of carboxylic acids is 4. The van der Waals surface area contributed by atoms with E-state index in [-0.39, 0.29) is 31.3 Å². The molecule has 2 atom stereocenters. The predicted octanol–water partition coefficient (Wildman–Crippen LogP) is 6.15. The molecular weight excluding hydrogens is 640 g/mol. The lowest BCUT2D eigenvalue weighted by Gasteiger charge is -2.35. The highest BCUT2D eigenvalue weighted by Gasteiger charge is 2.53. The predicted molar refractivity (Wildman–Crippen MR) is 187 cm³/mol. The van der Waals surface area contributed by atoms with Gasteiger partial charge in [0.05, 0.1) is 33.8 Å². The van der Waals surface area contributed by atoms with Gasteiger partial charge in [0, 0.05) is 40.5 Å². The van der Waals surface area contributed by atoms with Crippen LogP contribution in [0, 0.1) is 19.8 Å². The first kappa shape index (κ1) is 33.8. The van der Waals surface area contributed by atoms with Crippen LogP contribution in [0.4, 0.5) is 0 Å². The number of nitrogens with one attached hydrogen (secondary N) is 2. The van der Waals surface area contributed by atoms with Crippen molar-refractivity contribution in [1.82, 2.24) is 19.9 Å². The van der Waals surface area contributed by atoms with Gasteiger partial charge in [-0.05, 0) is 98.2 Å². The normalized spacial score (nSPS) is 18.3. The third-order valence-electron chi connectivity index (χ3n) is 10.1. The van der Waals surface area contributed by atoms with Gasteiger partial charge < -0.3 is 30.4 Å². The van der Waals surface area contributed by atoms with E-state index in [0.717, 1.165) is 22.3 Å². The van der Waals surface area contributed by atoms with Crippen molar-refractivity contribution >= 4 is 62.7 Å². The number of carboxylic acid groups (broad SMARTS) is 4. The molecule has 0 spiro atoms. The van der Waals surface area contributed by atoms with Crippen molar-refractivity contribution in [1.29, 1.82) is 0 Å². The van der Waals surface area contributed by atoms with Crippen LogP contribution in [-0.4, -0.2) is 64.2 Å². The number of aryl methyl sites for hydroxylation is 4. The summed E-state index contributed by atoms with van der Waals surface area (Å²) in [5.41, 5.74) is 7.83. The summed E-state index contributed by atoms with van der Waals surface area (Å²) >= 11 is 0. The van der Waals surface area contributed by atoms with E-state index in [1.807, 2.05) is 32.9 Å². The van der Waals surface area contributed by atoms with E-state index >= 15 is 0 Å². The second kappa shape index (κ2) is 12.4. The topological polar surface area (TPSA) is 207 Å². The van der Waals surface area contributed by atoms with E-state index in [1.54, 1.807) is 31.2 Å². The highest BCUT2D eigenvalue weighted by molar-refractivity contribution is 6.01. The molecule has 0 radical (unpaired) electrons. The van der Waals surface area contributed by atoms with Crippen molar-refractivity contribution in [3.63, 3.8) is 0 Å². The molecule has 5 heterocycles. The monoisotopic (exact) mass is 676 g/mol. The Morgan fingerprint density at radius 3 is 1.88 bits per heavy atom. The maximum atomic E-state index is 12.9. The number of aliphatic carboxylic acids is 4. The highest BCUT2D eigenvalue weighted by Crippen LogP contribution is 2.52. The number of rotatable bonds is 9. The molecular formula is C38H36N4O8. The number of hydrogen-bond donors (Lipinski definition) is 6. The zero-order valence-electron chi connectivity index (χ0n) is 28.0. The van der Waals surface area contributed by atoms with E-state index < -0.39 is 35.2 Å². The summed E-state index contributed by atoms with van der Waals surface area (Å²) in [7, 11) is 0. The van der Waals surface area contributed by atoms with Crippen molar-refractivity contribution in [3.8, 4) is 0 Å². The number of allylic oxidation sites excluding steroid dienone is 6. The van der Waals surface area contributed by atoms with Gasteiger partial charge in [0.25, 0.3) is 0 Å². The third-order valence-corrected chi connectivity index (χ3v) is 10.1. The lowest BCUT2D eigenvalue weighted by molar-refractivity contribution is -0.145. The first-order valence-corrected chi connectivity index (χ1v) is 16.1. The van der Waals surface area contributed by atoms with Gasteiger partial charge in [0.15, 0.2) is 0 Å². The fourth-order valence-electron chi connectivity index (χ4n) is 7.38. The minimum absolute atomic E-state index is 0.108. The number of aromatic amines is 2. The average molecular weight is 677 g/mol. The SMILES string of the molecule is C=CC1=C(C)c2cc3nc(cc4[nH]c(cc5[nH]c(cc1n2)c(C)c5CCC(=O)O)c(CCC(=O)O)c4C)C1(C)C3=CC=C(C(=O)O)C1C(=O)O. The van der Waals surface area contributed by atoms with Crippen LogP contribution in [0.1, 0.15) is 71.7 Å². The minimum atomic E-state index is -1.48. The molecule has 0 saturated heterocycles. The van der Waals surface area contributed by atoms with Crippen LogP contribution in [-0.2, 0) is 37.4 Å². The number of nitrogens with zero attached hydrogens (tertiary/aromatic N) is 2. The standard InChI is InChI=1S/C38H36N4O8/c1-6-20-17(2)26-14-31-24-10-7-23(36(47)48)35(37(49)50)38(24,5)32(42-31)16-27-19(4)22(9-12-34(45)46)30(41-27)15-29-21(8-11-33(43)44)18(3)25(40-29)13-28(20)39-26/h6-7,10,13-16,35,40-41H,1,8-9,11-12H2,2-5H3,(H,43,44)(H,45,46)(H,47,48)(H,49,50). The molecule has 6 rings (SSSR count). The zero-order valence-corrected chi connectivity index (χ0v) is 28.0. The molecule has 0 aromatic carbocycles. The fourth-order valence-corrected chi connectivity index (χ4v) is 7.38. The lowest BCUT2D eigenvalue weighted by Crippen LogP contribution is -2.41. The Kier molecular flexibility index (Phi) is 8.42. The van der Waals surface area contributed by atoms with Gasteiger partial charge in [-0.15, -0.1) is 0 Å². The van der Waals surface area contributed by atoms with E-state index in [9.17, 15) is 39.6 Å². The molecule has 3 aliphatic rings. The summed E-state index contributed by atoms with van der Waals surface area (Å²) < 4.78 is 0. The molecule has 0 saturated carbocycles. The first-order valence-electron chi connectivity index (χ1n) is 16.1. The highest BCUT2D eigenvalue weighted by atomic mass is 16.4. The van der Waals surface area contributed by atoms with Crippen molar-refractivity contribution in [2.24, 2.45) is 5.92 Å². The summed E-state index contributed by atoms with van der Waals surface area (Å²) in [6.45, 7) is 11.3. The van der Waals surface area contributed by atoms with Crippen molar-refractivity contribution in [3.05, 3.63) is 99.7 Å². The van der Waals surface area contributed by atoms with Crippen LogP contribution in [0.25, 0.3) is 38.8 Å². The Balaban J connectivity index is 1.80.